The Morgan fingerprint density at radius 1 is 1.19 bits per heavy atom. The highest BCUT2D eigenvalue weighted by Gasteiger charge is 2.47. The first-order chi connectivity index (χ1) is 14.7. The Bertz CT molecular complexity index is 743. The van der Waals surface area contributed by atoms with E-state index in [2.05, 4.69) is 5.32 Å². The van der Waals surface area contributed by atoms with Gasteiger partial charge in [-0.15, -0.1) is 0 Å². The van der Waals surface area contributed by atoms with E-state index in [4.69, 9.17) is 10.5 Å². The maximum atomic E-state index is 13.3. The van der Waals surface area contributed by atoms with Gasteiger partial charge in [-0.1, -0.05) is 44.2 Å². The number of nitrogens with one attached hydrogen (secondary N) is 1. The van der Waals surface area contributed by atoms with E-state index in [1.54, 1.807) is 14.8 Å². The smallest absolute Gasteiger partial charge is 0.287 e. The predicted molar refractivity (Wildman–Crippen MR) is 119 cm³/mol. The molecule has 2 atom stereocenters. The van der Waals surface area contributed by atoms with Crippen LogP contribution >= 0.6 is 0 Å². The number of amides is 3. The number of ketones is 1. The first kappa shape index (κ1) is 23.8. The highest BCUT2D eigenvalue weighted by Crippen LogP contribution is 2.31. The lowest BCUT2D eigenvalue weighted by atomic mass is 9.83. The van der Waals surface area contributed by atoms with Crippen molar-refractivity contribution in [1.29, 1.82) is 0 Å². The van der Waals surface area contributed by atoms with Crippen molar-refractivity contribution in [3.05, 3.63) is 0 Å². The molecule has 0 aromatic heterocycles. The van der Waals surface area contributed by atoms with Crippen LogP contribution in [0.2, 0.25) is 0 Å². The lowest BCUT2D eigenvalue weighted by Gasteiger charge is -2.37. The summed E-state index contributed by atoms with van der Waals surface area (Å²) in [5.41, 5.74) is 3.91. The highest BCUT2D eigenvalue weighted by atomic mass is 28.1. The molecule has 3 rings (SSSR count). The van der Waals surface area contributed by atoms with Gasteiger partial charge in [-0.3, -0.25) is 19.2 Å². The molecule has 2 aliphatic heterocycles. The lowest BCUT2D eigenvalue weighted by Crippen LogP contribution is -2.63. The molecule has 3 amide bonds. The van der Waals surface area contributed by atoms with E-state index in [1.807, 2.05) is 6.92 Å². The van der Waals surface area contributed by atoms with Gasteiger partial charge >= 0.3 is 0 Å². The molecule has 9 heteroatoms. The second-order valence-corrected chi connectivity index (χ2v) is 10.5. The minimum absolute atomic E-state index is 0.00497. The van der Waals surface area contributed by atoms with Crippen LogP contribution in [0, 0.1) is 11.8 Å². The number of carbonyl (C=O) groups excluding carboxylic acids is 4. The summed E-state index contributed by atoms with van der Waals surface area (Å²) in [4.78, 5) is 52.4. The standard InChI is InChI=1S/C22H35N3O5Si/c1-14(11-15-5-3-2-4-6-15)21(29)25-13-16(31)12-17(25)20(28)24-22(18(26)19(23)27)7-9-30-10-8-22/h14-15,17H,2-13,31H2,1H3,(H2,23,27)(H,24,28)/t14-,17+/m1/s1. The van der Waals surface area contributed by atoms with Crippen LogP contribution in [-0.2, 0) is 23.9 Å². The molecule has 0 radical (unpaired) electrons. The maximum absolute atomic E-state index is 13.3. The Labute approximate surface area is 186 Å². The van der Waals surface area contributed by atoms with Crippen molar-refractivity contribution >= 4 is 38.5 Å². The summed E-state index contributed by atoms with van der Waals surface area (Å²) in [7, 11) is 1.72. The van der Waals surface area contributed by atoms with Gasteiger partial charge in [0.15, 0.2) is 0 Å². The first-order valence-corrected chi connectivity index (χ1v) is 12.2. The number of nitrogens with zero attached hydrogens (tertiary/aromatic N) is 1. The third kappa shape index (κ3) is 5.49. The number of carbonyl (C=O) groups is 4. The topological polar surface area (TPSA) is 119 Å². The number of hydrogen-bond donors (Lipinski definition) is 2. The second kappa shape index (κ2) is 10.2. The number of hydrogen-bond acceptors (Lipinski definition) is 5. The molecule has 0 aromatic rings. The normalized spacial score (nSPS) is 25.1. The van der Waals surface area contributed by atoms with Crippen molar-refractivity contribution in [2.75, 3.05) is 19.8 Å². The minimum Gasteiger partial charge on any atom is -0.381 e. The average molecular weight is 450 g/mol. The molecular weight excluding hydrogens is 414 g/mol. The Balaban J connectivity index is 1.70. The Morgan fingerprint density at radius 3 is 2.45 bits per heavy atom. The van der Waals surface area contributed by atoms with E-state index in [-0.39, 0.29) is 37.9 Å². The zero-order chi connectivity index (χ0) is 22.6. The highest BCUT2D eigenvalue weighted by molar-refractivity contribution is 6.40. The largest absolute Gasteiger partial charge is 0.381 e. The van der Waals surface area contributed by atoms with Crippen molar-refractivity contribution in [1.82, 2.24) is 10.2 Å². The van der Waals surface area contributed by atoms with Crippen LogP contribution in [0.4, 0.5) is 0 Å². The summed E-state index contributed by atoms with van der Waals surface area (Å²) in [5.74, 6) is -1.82. The average Bonchev–Trinajstić information content (AvgIpc) is 3.15. The van der Waals surface area contributed by atoms with Gasteiger partial charge in [-0.25, -0.2) is 0 Å². The number of rotatable bonds is 7. The van der Waals surface area contributed by atoms with Crippen LogP contribution in [-0.4, -0.2) is 74.8 Å². The quantitative estimate of drug-likeness (QED) is 0.409. The molecule has 0 unspecified atom stereocenters. The summed E-state index contributed by atoms with van der Waals surface area (Å²) >= 11 is 0. The SMILES string of the molecule is C[C@H](CC1CCCCC1)C(=O)N1CC(=[SiH2])C[C@H]1C(=O)NC1(C(=O)C(N)=O)CCOCC1. The molecule has 31 heavy (non-hydrogen) atoms. The van der Waals surface area contributed by atoms with E-state index in [0.29, 0.717) is 18.9 Å². The summed E-state index contributed by atoms with van der Waals surface area (Å²) in [6, 6.07) is -0.658. The van der Waals surface area contributed by atoms with E-state index in [1.165, 1.54) is 32.1 Å². The molecule has 3 fully saturated rings. The summed E-state index contributed by atoms with van der Waals surface area (Å²) in [5, 5.41) is 3.89. The van der Waals surface area contributed by atoms with Crippen molar-refractivity contribution < 1.29 is 23.9 Å². The van der Waals surface area contributed by atoms with Gasteiger partial charge in [0, 0.05) is 38.5 Å². The van der Waals surface area contributed by atoms with E-state index in [0.717, 1.165) is 11.6 Å². The number of Topliss-reactive ketones (excluding diaryl/α,β-unsaturated/α-hetero) is 1. The van der Waals surface area contributed by atoms with E-state index < -0.39 is 29.2 Å². The first-order valence-electron chi connectivity index (χ1n) is 11.4. The van der Waals surface area contributed by atoms with Gasteiger partial charge in [-0.2, -0.15) is 0 Å². The third-order valence-corrected chi connectivity index (χ3v) is 7.55. The van der Waals surface area contributed by atoms with Crippen LogP contribution in [0.15, 0.2) is 0 Å². The molecular formula is C22H35N3O5Si. The number of nitrogens with two attached hydrogens (primary N) is 1. The van der Waals surface area contributed by atoms with E-state index >= 15 is 0 Å². The van der Waals surface area contributed by atoms with Gasteiger partial charge < -0.3 is 20.7 Å². The second-order valence-electron chi connectivity index (χ2n) is 9.45. The molecule has 0 bridgehead atoms. The van der Waals surface area contributed by atoms with Crippen LogP contribution in [0.1, 0.15) is 64.7 Å². The minimum atomic E-state index is -1.34. The van der Waals surface area contributed by atoms with Crippen molar-refractivity contribution in [2.45, 2.75) is 76.3 Å². The summed E-state index contributed by atoms with van der Waals surface area (Å²) in [6.07, 6.45) is 7.81. The monoisotopic (exact) mass is 449 g/mol. The fourth-order valence-corrected chi connectivity index (χ4v) is 5.77. The van der Waals surface area contributed by atoms with E-state index in [9.17, 15) is 19.2 Å². The van der Waals surface area contributed by atoms with Gasteiger partial charge in [0.25, 0.3) is 5.91 Å². The molecule has 172 valence electrons. The third-order valence-electron chi connectivity index (χ3n) is 7.04. The Hall–Kier alpha value is -1.87. The van der Waals surface area contributed by atoms with Crippen LogP contribution in [0.5, 0.6) is 0 Å². The van der Waals surface area contributed by atoms with Gasteiger partial charge in [-0.05, 0) is 28.6 Å². The van der Waals surface area contributed by atoms with Gasteiger partial charge in [0.05, 0.1) is 0 Å². The number of primary amides is 1. The van der Waals surface area contributed by atoms with Gasteiger partial charge in [0.1, 0.15) is 11.6 Å². The van der Waals surface area contributed by atoms with Crippen molar-refractivity contribution in [3.8, 4) is 0 Å². The van der Waals surface area contributed by atoms with Crippen LogP contribution < -0.4 is 11.1 Å². The molecule has 3 N–H and O–H groups in total. The zero-order valence-electron chi connectivity index (χ0n) is 18.5. The molecule has 2 saturated heterocycles. The molecule has 2 heterocycles. The van der Waals surface area contributed by atoms with Crippen LogP contribution in [0.25, 0.3) is 0 Å². The maximum Gasteiger partial charge on any atom is 0.287 e. The number of likely N-dealkylation sites (tertiary alicyclic amines) is 1. The van der Waals surface area contributed by atoms with Gasteiger partial charge in [0.2, 0.25) is 17.6 Å². The Kier molecular flexibility index (Phi) is 7.80. The van der Waals surface area contributed by atoms with Crippen molar-refractivity contribution in [2.24, 2.45) is 17.6 Å². The van der Waals surface area contributed by atoms with Crippen molar-refractivity contribution in [3.63, 3.8) is 0 Å². The summed E-state index contributed by atoms with van der Waals surface area (Å²) < 4.78 is 5.32. The van der Waals surface area contributed by atoms with Crippen LogP contribution in [0.3, 0.4) is 0 Å². The molecule has 1 saturated carbocycles. The Morgan fingerprint density at radius 2 is 1.84 bits per heavy atom. The lowest BCUT2D eigenvalue weighted by molar-refractivity contribution is -0.147. The summed E-state index contributed by atoms with van der Waals surface area (Å²) in [6.45, 7) is 2.94. The number of ether oxygens (including phenoxy) is 1. The molecule has 0 spiro atoms. The zero-order valence-corrected chi connectivity index (χ0v) is 19.9. The predicted octanol–water partition coefficient (Wildman–Crippen LogP) is -0.281. The molecule has 3 aliphatic rings. The molecule has 1 aliphatic carbocycles. The fourth-order valence-electron chi connectivity index (χ4n) is 5.26. The molecule has 0 aromatic carbocycles. The molecule has 8 nitrogen and oxygen atoms in total. The fraction of sp³-hybridized carbons (Fsp3) is 0.773.